The molecule has 0 amide bonds. The summed E-state index contributed by atoms with van der Waals surface area (Å²) >= 11 is 0. The summed E-state index contributed by atoms with van der Waals surface area (Å²) in [5, 5.41) is 9.18. The van der Waals surface area contributed by atoms with E-state index in [-0.39, 0.29) is 6.04 Å². The molecule has 0 saturated heterocycles. The molecule has 2 N–H and O–H groups in total. The summed E-state index contributed by atoms with van der Waals surface area (Å²) in [6.07, 6.45) is 1.70. The van der Waals surface area contributed by atoms with Crippen molar-refractivity contribution in [3.8, 4) is 17.6 Å². The first-order valence-corrected chi connectivity index (χ1v) is 5.55. The summed E-state index contributed by atoms with van der Waals surface area (Å²) in [7, 11) is 3.21. The minimum Gasteiger partial charge on any atom is -0.497 e. The summed E-state index contributed by atoms with van der Waals surface area (Å²) in [5.41, 5.74) is 6.61. The predicted octanol–water partition coefficient (Wildman–Crippen LogP) is 2.01. The smallest absolute Gasteiger partial charge is 0.123 e. The van der Waals surface area contributed by atoms with Crippen molar-refractivity contribution in [1.82, 2.24) is 0 Å². The number of ether oxygens (including phenoxy) is 2. The van der Waals surface area contributed by atoms with Gasteiger partial charge in [0.1, 0.15) is 11.5 Å². The Morgan fingerprint density at radius 3 is 2.53 bits per heavy atom. The van der Waals surface area contributed by atoms with Crippen LogP contribution in [-0.4, -0.2) is 14.2 Å². The van der Waals surface area contributed by atoms with E-state index in [1.54, 1.807) is 14.2 Å². The van der Waals surface area contributed by atoms with Gasteiger partial charge in [0, 0.05) is 5.56 Å². The largest absolute Gasteiger partial charge is 0.497 e. The molecule has 1 aliphatic rings. The van der Waals surface area contributed by atoms with Gasteiger partial charge < -0.3 is 15.2 Å². The highest BCUT2D eigenvalue weighted by Crippen LogP contribution is 2.54. The van der Waals surface area contributed by atoms with Crippen LogP contribution in [0.25, 0.3) is 0 Å². The molecule has 90 valence electrons. The first kappa shape index (κ1) is 11.7. The minimum atomic E-state index is -0.417. The lowest BCUT2D eigenvalue weighted by Gasteiger charge is -2.20. The fraction of sp³-hybridized carbons (Fsp3) is 0.462. The van der Waals surface area contributed by atoms with E-state index in [0.29, 0.717) is 5.75 Å². The maximum absolute atomic E-state index is 9.18. The predicted molar refractivity (Wildman–Crippen MR) is 63.8 cm³/mol. The molecule has 17 heavy (non-hydrogen) atoms. The van der Waals surface area contributed by atoms with Gasteiger partial charge in [0.25, 0.3) is 0 Å². The molecule has 4 heteroatoms. The number of hydrogen-bond donors (Lipinski definition) is 1. The van der Waals surface area contributed by atoms with Crippen LogP contribution in [0.4, 0.5) is 0 Å². The molecule has 1 aromatic rings. The summed E-state index contributed by atoms with van der Waals surface area (Å²) in [4.78, 5) is 0. The molecule has 0 aliphatic heterocycles. The van der Waals surface area contributed by atoms with E-state index in [9.17, 15) is 5.26 Å². The second-order valence-corrected chi connectivity index (χ2v) is 4.35. The fourth-order valence-corrected chi connectivity index (χ4v) is 2.01. The van der Waals surface area contributed by atoms with Crippen molar-refractivity contribution in [3.63, 3.8) is 0 Å². The van der Waals surface area contributed by atoms with E-state index < -0.39 is 5.41 Å². The molecule has 4 nitrogen and oxygen atoms in total. The third-order valence-electron chi connectivity index (χ3n) is 3.38. The number of nitrogens with two attached hydrogens (primary N) is 1. The number of methoxy groups -OCH3 is 2. The van der Waals surface area contributed by atoms with Crippen LogP contribution in [-0.2, 0) is 0 Å². The van der Waals surface area contributed by atoms with Crippen molar-refractivity contribution in [2.75, 3.05) is 14.2 Å². The van der Waals surface area contributed by atoms with Gasteiger partial charge in [-0.1, -0.05) is 0 Å². The van der Waals surface area contributed by atoms with Crippen LogP contribution < -0.4 is 15.2 Å². The SMILES string of the molecule is COc1ccc(OC)c(C(N)C2(C#N)CC2)c1. The molecule has 2 rings (SSSR count). The summed E-state index contributed by atoms with van der Waals surface area (Å²) in [5.74, 6) is 1.44. The minimum absolute atomic E-state index is 0.322. The second-order valence-electron chi connectivity index (χ2n) is 4.35. The molecule has 1 atom stereocenters. The van der Waals surface area contributed by atoms with Crippen LogP contribution in [0.15, 0.2) is 18.2 Å². The Labute approximate surface area is 101 Å². The van der Waals surface area contributed by atoms with Crippen molar-refractivity contribution in [3.05, 3.63) is 23.8 Å². The van der Waals surface area contributed by atoms with Gasteiger partial charge >= 0.3 is 0 Å². The van der Waals surface area contributed by atoms with Crippen LogP contribution in [0.2, 0.25) is 0 Å². The molecule has 1 unspecified atom stereocenters. The Morgan fingerprint density at radius 1 is 1.35 bits per heavy atom. The molecular weight excluding hydrogens is 216 g/mol. The number of nitriles is 1. The molecule has 1 aromatic carbocycles. The Morgan fingerprint density at radius 2 is 2.06 bits per heavy atom. The second kappa shape index (κ2) is 4.27. The number of rotatable bonds is 4. The van der Waals surface area contributed by atoms with Gasteiger partial charge in [0.15, 0.2) is 0 Å². The topological polar surface area (TPSA) is 68.3 Å². The van der Waals surface area contributed by atoms with E-state index >= 15 is 0 Å². The highest BCUT2D eigenvalue weighted by molar-refractivity contribution is 5.44. The van der Waals surface area contributed by atoms with Gasteiger partial charge in [-0.25, -0.2) is 0 Å². The lowest BCUT2D eigenvalue weighted by Crippen LogP contribution is -2.22. The number of benzene rings is 1. The molecular formula is C13H16N2O2. The van der Waals surface area contributed by atoms with Crippen LogP contribution in [0.5, 0.6) is 11.5 Å². The van der Waals surface area contributed by atoms with Gasteiger partial charge in [-0.15, -0.1) is 0 Å². The monoisotopic (exact) mass is 232 g/mol. The highest BCUT2D eigenvalue weighted by Gasteiger charge is 2.50. The van der Waals surface area contributed by atoms with Crippen molar-refractivity contribution < 1.29 is 9.47 Å². The number of hydrogen-bond acceptors (Lipinski definition) is 4. The molecule has 1 aliphatic carbocycles. The lowest BCUT2D eigenvalue weighted by molar-refractivity contribution is 0.387. The van der Waals surface area contributed by atoms with E-state index in [4.69, 9.17) is 15.2 Å². The van der Waals surface area contributed by atoms with E-state index in [1.165, 1.54) is 0 Å². The molecule has 0 bridgehead atoms. The quantitative estimate of drug-likeness (QED) is 0.862. The third-order valence-corrected chi connectivity index (χ3v) is 3.38. The van der Waals surface area contributed by atoms with E-state index in [1.807, 2.05) is 18.2 Å². The third kappa shape index (κ3) is 1.94. The average Bonchev–Trinajstić information content (AvgIpc) is 3.18. The lowest BCUT2D eigenvalue weighted by atomic mass is 9.91. The van der Waals surface area contributed by atoms with Crippen molar-refractivity contribution in [2.45, 2.75) is 18.9 Å². The van der Waals surface area contributed by atoms with Gasteiger partial charge in [-0.3, -0.25) is 0 Å². The average molecular weight is 232 g/mol. The van der Waals surface area contributed by atoms with Gasteiger partial charge in [-0.05, 0) is 31.0 Å². The van der Waals surface area contributed by atoms with Crippen LogP contribution >= 0.6 is 0 Å². The Kier molecular flexibility index (Phi) is 2.95. The van der Waals surface area contributed by atoms with E-state index in [0.717, 1.165) is 24.2 Å². The first-order valence-electron chi connectivity index (χ1n) is 5.55. The van der Waals surface area contributed by atoms with Crippen LogP contribution in [0, 0.1) is 16.7 Å². The molecule has 0 aromatic heterocycles. The number of nitrogens with zero attached hydrogens (tertiary/aromatic N) is 1. The molecule has 0 heterocycles. The summed E-state index contributed by atoms with van der Waals surface area (Å²) in [6, 6.07) is 7.49. The fourth-order valence-electron chi connectivity index (χ4n) is 2.01. The van der Waals surface area contributed by atoms with Crippen molar-refractivity contribution in [1.29, 1.82) is 5.26 Å². The molecule has 1 saturated carbocycles. The first-order chi connectivity index (χ1) is 8.16. The zero-order valence-corrected chi connectivity index (χ0v) is 10.1. The summed E-state index contributed by atoms with van der Waals surface area (Å²) < 4.78 is 10.5. The maximum atomic E-state index is 9.18. The van der Waals surface area contributed by atoms with Gasteiger partial charge in [0.2, 0.25) is 0 Å². The molecule has 1 fully saturated rings. The van der Waals surface area contributed by atoms with Gasteiger partial charge in [0.05, 0.1) is 31.7 Å². The van der Waals surface area contributed by atoms with Crippen molar-refractivity contribution >= 4 is 0 Å². The zero-order valence-electron chi connectivity index (χ0n) is 10.1. The van der Waals surface area contributed by atoms with Crippen molar-refractivity contribution in [2.24, 2.45) is 11.1 Å². The zero-order chi connectivity index (χ0) is 12.5. The van der Waals surface area contributed by atoms with Crippen LogP contribution in [0.1, 0.15) is 24.4 Å². The summed E-state index contributed by atoms with van der Waals surface area (Å²) in [6.45, 7) is 0. The molecule has 0 radical (unpaired) electrons. The van der Waals surface area contributed by atoms with Gasteiger partial charge in [-0.2, -0.15) is 5.26 Å². The Bertz CT molecular complexity index is 461. The maximum Gasteiger partial charge on any atom is 0.123 e. The Hall–Kier alpha value is -1.73. The Balaban J connectivity index is 2.39. The normalized spacial score (nSPS) is 18.0. The van der Waals surface area contributed by atoms with E-state index in [2.05, 4.69) is 6.07 Å². The standard InChI is InChI=1S/C13H16N2O2/c1-16-9-3-4-11(17-2)10(7-9)12(15)13(8-14)5-6-13/h3-4,7,12H,5-6,15H2,1-2H3. The highest BCUT2D eigenvalue weighted by atomic mass is 16.5. The molecule has 0 spiro atoms. The van der Waals surface area contributed by atoms with Crippen LogP contribution in [0.3, 0.4) is 0 Å².